The first-order chi connectivity index (χ1) is 16.0. The van der Waals surface area contributed by atoms with Crippen LogP contribution in [0.5, 0.6) is 0 Å². The topological polar surface area (TPSA) is 48.5 Å². The maximum Gasteiger partial charge on any atom is 0.244 e. The van der Waals surface area contributed by atoms with Gasteiger partial charge in [-0.25, -0.2) is 13.8 Å². The van der Waals surface area contributed by atoms with Crippen LogP contribution in [0.3, 0.4) is 0 Å². The SMILES string of the molecule is CC(NC(=O)/C=C/c1ccc(F)cc1F)c1cccc(N2CCN(c3ccccn3)CC2)c1. The summed E-state index contributed by atoms with van der Waals surface area (Å²) in [5.41, 5.74) is 2.25. The summed E-state index contributed by atoms with van der Waals surface area (Å²) in [4.78, 5) is 21.4. The fraction of sp³-hybridized carbons (Fsp3) is 0.231. The zero-order valence-electron chi connectivity index (χ0n) is 18.4. The summed E-state index contributed by atoms with van der Waals surface area (Å²) in [5, 5.41) is 2.90. The molecular weight excluding hydrogens is 422 g/mol. The lowest BCUT2D eigenvalue weighted by atomic mass is 10.1. The van der Waals surface area contributed by atoms with E-state index in [0.29, 0.717) is 0 Å². The zero-order chi connectivity index (χ0) is 23.2. The second kappa shape index (κ2) is 10.3. The molecule has 0 spiro atoms. The third kappa shape index (κ3) is 5.74. The van der Waals surface area contributed by atoms with Gasteiger partial charge in [-0.05, 0) is 55.0 Å². The van der Waals surface area contributed by atoms with E-state index >= 15 is 0 Å². The van der Waals surface area contributed by atoms with E-state index in [2.05, 4.69) is 32.2 Å². The first-order valence-electron chi connectivity index (χ1n) is 10.9. The molecule has 7 heteroatoms. The number of anilines is 2. The third-order valence-electron chi connectivity index (χ3n) is 5.72. The molecule has 0 saturated carbocycles. The van der Waals surface area contributed by atoms with Crippen molar-refractivity contribution < 1.29 is 13.6 Å². The van der Waals surface area contributed by atoms with Gasteiger partial charge in [0.05, 0.1) is 6.04 Å². The Morgan fingerprint density at radius 2 is 1.79 bits per heavy atom. The molecule has 4 rings (SSSR count). The number of hydrogen-bond donors (Lipinski definition) is 1. The molecule has 170 valence electrons. The van der Waals surface area contributed by atoms with Crippen molar-refractivity contribution in [1.82, 2.24) is 10.3 Å². The lowest BCUT2D eigenvalue weighted by Crippen LogP contribution is -2.46. The van der Waals surface area contributed by atoms with E-state index < -0.39 is 11.6 Å². The van der Waals surface area contributed by atoms with Crippen LogP contribution in [0.25, 0.3) is 6.08 Å². The first kappa shape index (κ1) is 22.5. The molecule has 0 radical (unpaired) electrons. The highest BCUT2D eigenvalue weighted by molar-refractivity contribution is 5.92. The average Bonchev–Trinajstić information content (AvgIpc) is 2.84. The van der Waals surface area contributed by atoms with E-state index in [9.17, 15) is 13.6 Å². The molecule has 0 bridgehead atoms. The Hall–Kier alpha value is -3.74. The average molecular weight is 449 g/mol. The molecule has 1 unspecified atom stereocenters. The number of carbonyl (C=O) groups is 1. The second-order valence-corrected chi connectivity index (χ2v) is 7.99. The molecule has 5 nitrogen and oxygen atoms in total. The van der Waals surface area contributed by atoms with Gasteiger partial charge in [-0.1, -0.05) is 18.2 Å². The summed E-state index contributed by atoms with van der Waals surface area (Å²) >= 11 is 0. The Labute approximate surface area is 192 Å². The normalized spacial score (nSPS) is 15.0. The zero-order valence-corrected chi connectivity index (χ0v) is 18.4. The summed E-state index contributed by atoms with van der Waals surface area (Å²) < 4.78 is 26.8. The number of hydrogen-bond acceptors (Lipinski definition) is 4. The number of benzene rings is 2. The van der Waals surface area contributed by atoms with Crippen LogP contribution >= 0.6 is 0 Å². The Kier molecular flexibility index (Phi) is 6.98. The monoisotopic (exact) mass is 448 g/mol. The van der Waals surface area contributed by atoms with Gasteiger partial charge < -0.3 is 15.1 Å². The number of amides is 1. The molecule has 2 heterocycles. The van der Waals surface area contributed by atoms with Gasteiger partial charge in [0.25, 0.3) is 0 Å². The van der Waals surface area contributed by atoms with Crippen LogP contribution in [0.4, 0.5) is 20.3 Å². The highest BCUT2D eigenvalue weighted by atomic mass is 19.1. The lowest BCUT2D eigenvalue weighted by Gasteiger charge is -2.37. The molecule has 2 aromatic carbocycles. The van der Waals surface area contributed by atoms with Crippen molar-refractivity contribution in [1.29, 1.82) is 0 Å². The Morgan fingerprint density at radius 3 is 2.52 bits per heavy atom. The van der Waals surface area contributed by atoms with Crippen molar-refractivity contribution in [2.75, 3.05) is 36.0 Å². The summed E-state index contributed by atoms with van der Waals surface area (Å²) in [7, 11) is 0. The number of nitrogens with one attached hydrogen (secondary N) is 1. The molecule has 0 aliphatic carbocycles. The minimum Gasteiger partial charge on any atom is -0.368 e. The molecule has 1 saturated heterocycles. The third-order valence-corrected chi connectivity index (χ3v) is 5.72. The molecular formula is C26H26F2N4O. The summed E-state index contributed by atoms with van der Waals surface area (Å²) in [6.45, 7) is 5.44. The van der Waals surface area contributed by atoms with Crippen LogP contribution in [0.1, 0.15) is 24.1 Å². The number of rotatable bonds is 6. The van der Waals surface area contributed by atoms with Crippen molar-refractivity contribution in [3.63, 3.8) is 0 Å². The van der Waals surface area contributed by atoms with Crippen molar-refractivity contribution in [2.45, 2.75) is 13.0 Å². The van der Waals surface area contributed by atoms with Crippen molar-refractivity contribution >= 4 is 23.5 Å². The molecule has 3 aromatic rings. The van der Waals surface area contributed by atoms with Gasteiger partial charge in [0.1, 0.15) is 17.5 Å². The molecule has 33 heavy (non-hydrogen) atoms. The number of piperazine rings is 1. The van der Waals surface area contributed by atoms with Gasteiger partial charge in [-0.15, -0.1) is 0 Å². The van der Waals surface area contributed by atoms with Gasteiger partial charge in [0, 0.05) is 55.8 Å². The van der Waals surface area contributed by atoms with E-state index in [1.165, 1.54) is 18.2 Å². The predicted molar refractivity (Wildman–Crippen MR) is 127 cm³/mol. The highest BCUT2D eigenvalue weighted by Crippen LogP contribution is 2.23. The molecule has 1 N–H and O–H groups in total. The molecule has 1 aliphatic heterocycles. The quantitative estimate of drug-likeness (QED) is 0.561. The predicted octanol–water partition coefficient (Wildman–Crippen LogP) is 4.58. The largest absolute Gasteiger partial charge is 0.368 e. The van der Waals surface area contributed by atoms with Crippen molar-refractivity contribution in [3.8, 4) is 0 Å². The number of carbonyl (C=O) groups excluding carboxylic acids is 1. The number of aromatic nitrogens is 1. The second-order valence-electron chi connectivity index (χ2n) is 7.99. The van der Waals surface area contributed by atoms with Gasteiger partial charge in [-0.2, -0.15) is 0 Å². The Morgan fingerprint density at radius 1 is 1.00 bits per heavy atom. The van der Waals surface area contributed by atoms with Gasteiger partial charge in [0.2, 0.25) is 5.91 Å². The number of pyridine rings is 1. The van der Waals surface area contributed by atoms with E-state index in [1.54, 1.807) is 0 Å². The first-order valence-corrected chi connectivity index (χ1v) is 10.9. The Bertz CT molecular complexity index is 1130. The smallest absolute Gasteiger partial charge is 0.244 e. The minimum atomic E-state index is -0.706. The molecule has 1 fully saturated rings. The standard InChI is InChI=1S/C26H26F2N4O/c1-19(30-26(33)11-9-20-8-10-22(27)18-24(20)28)21-5-4-6-23(17-21)31-13-15-32(16-14-31)25-7-2-3-12-29-25/h2-12,17-19H,13-16H2,1H3,(H,30,33)/b11-9+. The van der Waals surface area contributed by atoms with Crippen LogP contribution in [0, 0.1) is 11.6 Å². The van der Waals surface area contributed by atoms with E-state index in [-0.39, 0.29) is 17.5 Å². The fourth-order valence-corrected chi connectivity index (χ4v) is 3.87. The van der Waals surface area contributed by atoms with Gasteiger partial charge >= 0.3 is 0 Å². The maximum absolute atomic E-state index is 13.7. The Balaban J connectivity index is 1.35. The molecule has 1 amide bonds. The summed E-state index contributed by atoms with van der Waals surface area (Å²) in [6.07, 6.45) is 4.41. The van der Waals surface area contributed by atoms with Gasteiger partial charge in [0.15, 0.2) is 0 Å². The van der Waals surface area contributed by atoms with Crippen molar-refractivity contribution in [3.05, 3.63) is 95.7 Å². The lowest BCUT2D eigenvalue weighted by molar-refractivity contribution is -0.117. The van der Waals surface area contributed by atoms with E-state index in [4.69, 9.17) is 0 Å². The van der Waals surface area contributed by atoms with Gasteiger partial charge in [-0.3, -0.25) is 4.79 Å². The van der Waals surface area contributed by atoms with Crippen LogP contribution in [0.15, 0.2) is 72.9 Å². The van der Waals surface area contributed by atoms with Crippen LogP contribution in [-0.4, -0.2) is 37.1 Å². The number of halogens is 2. The van der Waals surface area contributed by atoms with Crippen molar-refractivity contribution in [2.24, 2.45) is 0 Å². The minimum absolute atomic E-state index is 0.158. The molecule has 1 atom stereocenters. The van der Waals surface area contributed by atoms with E-state index in [0.717, 1.165) is 55.4 Å². The van der Waals surface area contributed by atoms with Crippen LogP contribution in [0.2, 0.25) is 0 Å². The maximum atomic E-state index is 13.7. The van der Waals surface area contributed by atoms with Crippen LogP contribution in [-0.2, 0) is 4.79 Å². The van der Waals surface area contributed by atoms with Crippen LogP contribution < -0.4 is 15.1 Å². The molecule has 1 aromatic heterocycles. The highest BCUT2D eigenvalue weighted by Gasteiger charge is 2.19. The summed E-state index contributed by atoms with van der Waals surface area (Å²) in [5.74, 6) is -0.708. The van der Waals surface area contributed by atoms with E-state index in [1.807, 2.05) is 43.5 Å². The number of nitrogens with zero attached hydrogens (tertiary/aromatic N) is 3. The molecule has 1 aliphatic rings. The summed E-state index contributed by atoms with van der Waals surface area (Å²) in [6, 6.07) is 17.1. The fourth-order valence-electron chi connectivity index (χ4n) is 3.87.